The minimum Gasteiger partial charge on any atom is -0.493 e. The zero-order valence-corrected chi connectivity index (χ0v) is 17.4. The third-order valence-electron chi connectivity index (χ3n) is 4.29. The summed E-state index contributed by atoms with van der Waals surface area (Å²) in [5, 5.41) is 2.76. The molecule has 0 fully saturated rings. The van der Waals surface area contributed by atoms with E-state index >= 15 is 0 Å². The lowest BCUT2D eigenvalue weighted by Crippen LogP contribution is -2.15. The first-order valence-corrected chi connectivity index (χ1v) is 10.6. The van der Waals surface area contributed by atoms with Gasteiger partial charge in [-0.1, -0.05) is 24.3 Å². The summed E-state index contributed by atoms with van der Waals surface area (Å²) in [6.45, 7) is 0. The maximum Gasteiger partial charge on any atom is 0.261 e. The number of anilines is 2. The largest absolute Gasteiger partial charge is 0.493 e. The summed E-state index contributed by atoms with van der Waals surface area (Å²) in [5.41, 5.74) is 1.74. The zero-order chi connectivity index (χ0) is 21.6. The quantitative estimate of drug-likeness (QED) is 0.573. The molecule has 0 aliphatic rings. The molecule has 3 aromatic carbocycles. The number of hydrogen-bond donors (Lipinski definition) is 2. The molecule has 156 valence electrons. The van der Waals surface area contributed by atoms with Gasteiger partial charge in [0.2, 0.25) is 5.91 Å². The number of sulfonamides is 1. The van der Waals surface area contributed by atoms with Crippen LogP contribution in [-0.4, -0.2) is 28.5 Å². The normalized spacial score (nSPS) is 10.9. The third kappa shape index (κ3) is 5.30. The molecule has 8 heteroatoms. The fourth-order valence-electron chi connectivity index (χ4n) is 2.82. The number of benzene rings is 3. The van der Waals surface area contributed by atoms with Crippen molar-refractivity contribution < 1.29 is 22.7 Å². The maximum absolute atomic E-state index is 12.5. The summed E-state index contributed by atoms with van der Waals surface area (Å²) in [6, 6.07) is 19.9. The van der Waals surface area contributed by atoms with Crippen molar-refractivity contribution in [1.29, 1.82) is 0 Å². The van der Waals surface area contributed by atoms with Gasteiger partial charge < -0.3 is 14.8 Å². The number of carbonyl (C=O) groups is 1. The molecule has 3 rings (SSSR count). The Kier molecular flexibility index (Phi) is 6.58. The molecule has 0 aliphatic carbocycles. The van der Waals surface area contributed by atoms with Crippen molar-refractivity contribution in [2.24, 2.45) is 0 Å². The predicted octanol–water partition coefficient (Wildman–Crippen LogP) is 3.69. The highest BCUT2D eigenvalue weighted by Crippen LogP contribution is 2.28. The summed E-state index contributed by atoms with van der Waals surface area (Å²) in [7, 11) is -0.633. The second-order valence-electron chi connectivity index (χ2n) is 6.41. The van der Waals surface area contributed by atoms with Gasteiger partial charge in [0.05, 0.1) is 25.5 Å². The van der Waals surface area contributed by atoms with Gasteiger partial charge in [0.15, 0.2) is 11.5 Å². The van der Waals surface area contributed by atoms with E-state index in [9.17, 15) is 13.2 Å². The van der Waals surface area contributed by atoms with Gasteiger partial charge in [0.1, 0.15) is 0 Å². The molecule has 0 aliphatic heterocycles. The van der Waals surface area contributed by atoms with E-state index in [0.717, 1.165) is 5.56 Å². The molecule has 2 N–H and O–H groups in total. The van der Waals surface area contributed by atoms with E-state index in [1.165, 1.54) is 19.2 Å². The van der Waals surface area contributed by atoms with Crippen LogP contribution in [0.3, 0.4) is 0 Å². The van der Waals surface area contributed by atoms with Gasteiger partial charge in [-0.3, -0.25) is 9.52 Å². The molecule has 30 heavy (non-hydrogen) atoms. The fraction of sp³-hybridized carbons (Fsp3) is 0.136. The van der Waals surface area contributed by atoms with E-state index < -0.39 is 10.0 Å². The molecular weight excluding hydrogens is 404 g/mol. The van der Waals surface area contributed by atoms with Gasteiger partial charge in [0, 0.05) is 11.4 Å². The number of rotatable bonds is 8. The van der Waals surface area contributed by atoms with Crippen molar-refractivity contribution in [3.8, 4) is 11.5 Å². The minimum absolute atomic E-state index is 0.101. The first-order valence-electron chi connectivity index (χ1n) is 9.10. The van der Waals surface area contributed by atoms with Gasteiger partial charge in [-0.2, -0.15) is 0 Å². The van der Waals surface area contributed by atoms with E-state index in [0.29, 0.717) is 22.9 Å². The Bertz CT molecular complexity index is 1110. The van der Waals surface area contributed by atoms with Crippen LogP contribution in [0, 0.1) is 0 Å². The number of amides is 1. The molecule has 0 saturated carbocycles. The van der Waals surface area contributed by atoms with Crippen molar-refractivity contribution in [3.63, 3.8) is 0 Å². The lowest BCUT2D eigenvalue weighted by molar-refractivity contribution is -0.115. The molecule has 0 atom stereocenters. The SMILES string of the molecule is COc1ccc(CC(=O)Nc2ccc(S(=O)(=O)Nc3ccccc3)cc2)cc1OC. The number of nitrogens with one attached hydrogen (secondary N) is 2. The van der Waals surface area contributed by atoms with Gasteiger partial charge in [-0.25, -0.2) is 8.42 Å². The first kappa shape index (κ1) is 21.2. The maximum atomic E-state index is 12.5. The van der Waals surface area contributed by atoms with Crippen LogP contribution >= 0.6 is 0 Å². The lowest BCUT2D eigenvalue weighted by Gasteiger charge is -2.11. The van der Waals surface area contributed by atoms with Crippen molar-refractivity contribution in [2.75, 3.05) is 24.3 Å². The Balaban J connectivity index is 1.64. The Labute approximate surface area is 175 Å². The number of methoxy groups -OCH3 is 2. The summed E-state index contributed by atoms with van der Waals surface area (Å²) >= 11 is 0. The molecule has 0 saturated heterocycles. The average Bonchev–Trinajstić information content (AvgIpc) is 2.74. The smallest absolute Gasteiger partial charge is 0.261 e. The van der Waals surface area contributed by atoms with Crippen LogP contribution < -0.4 is 19.5 Å². The summed E-state index contributed by atoms with van der Waals surface area (Å²) in [6.07, 6.45) is 0.135. The molecule has 0 heterocycles. The lowest BCUT2D eigenvalue weighted by atomic mass is 10.1. The molecule has 0 bridgehead atoms. The zero-order valence-electron chi connectivity index (χ0n) is 16.6. The predicted molar refractivity (Wildman–Crippen MR) is 116 cm³/mol. The Morgan fingerprint density at radius 3 is 2.13 bits per heavy atom. The molecular formula is C22H22N2O5S. The van der Waals surface area contributed by atoms with Gasteiger partial charge >= 0.3 is 0 Å². The number of carbonyl (C=O) groups excluding carboxylic acids is 1. The van der Waals surface area contributed by atoms with Gasteiger partial charge in [0.25, 0.3) is 10.0 Å². The minimum atomic E-state index is -3.71. The molecule has 1 amide bonds. The number of hydrogen-bond acceptors (Lipinski definition) is 5. The van der Waals surface area contributed by atoms with Gasteiger partial charge in [-0.15, -0.1) is 0 Å². The van der Waals surface area contributed by atoms with Crippen molar-refractivity contribution in [2.45, 2.75) is 11.3 Å². The monoisotopic (exact) mass is 426 g/mol. The van der Waals surface area contributed by atoms with E-state index in [1.54, 1.807) is 67.8 Å². The highest BCUT2D eigenvalue weighted by atomic mass is 32.2. The topological polar surface area (TPSA) is 93.7 Å². The molecule has 0 spiro atoms. The second kappa shape index (κ2) is 9.32. The number of para-hydroxylation sites is 1. The van der Waals surface area contributed by atoms with E-state index in [-0.39, 0.29) is 17.2 Å². The van der Waals surface area contributed by atoms with Crippen LogP contribution in [0.2, 0.25) is 0 Å². The first-order chi connectivity index (χ1) is 14.4. The van der Waals surface area contributed by atoms with Crippen LogP contribution in [0.4, 0.5) is 11.4 Å². The van der Waals surface area contributed by atoms with E-state index in [1.807, 2.05) is 0 Å². The molecule has 0 unspecified atom stereocenters. The van der Waals surface area contributed by atoms with Crippen LogP contribution in [-0.2, 0) is 21.2 Å². The van der Waals surface area contributed by atoms with Gasteiger partial charge in [-0.05, 0) is 54.1 Å². The van der Waals surface area contributed by atoms with Crippen LogP contribution in [0.1, 0.15) is 5.56 Å². The van der Waals surface area contributed by atoms with Crippen LogP contribution in [0.5, 0.6) is 11.5 Å². The van der Waals surface area contributed by atoms with Crippen molar-refractivity contribution in [3.05, 3.63) is 78.4 Å². The second-order valence-corrected chi connectivity index (χ2v) is 8.09. The summed E-state index contributed by atoms with van der Waals surface area (Å²) < 4.78 is 37.9. The Morgan fingerprint density at radius 1 is 0.833 bits per heavy atom. The Hall–Kier alpha value is -3.52. The molecule has 3 aromatic rings. The molecule has 7 nitrogen and oxygen atoms in total. The molecule has 0 aromatic heterocycles. The fourth-order valence-corrected chi connectivity index (χ4v) is 3.88. The molecule has 0 radical (unpaired) electrons. The number of ether oxygens (including phenoxy) is 2. The average molecular weight is 426 g/mol. The van der Waals surface area contributed by atoms with E-state index in [2.05, 4.69) is 10.0 Å². The van der Waals surface area contributed by atoms with Crippen LogP contribution in [0.25, 0.3) is 0 Å². The standard InChI is InChI=1S/C22H22N2O5S/c1-28-20-13-8-16(14-21(20)29-2)15-22(25)23-17-9-11-19(12-10-17)30(26,27)24-18-6-4-3-5-7-18/h3-14,24H,15H2,1-2H3,(H,23,25). The summed E-state index contributed by atoms with van der Waals surface area (Å²) in [5.74, 6) is 0.895. The third-order valence-corrected chi connectivity index (χ3v) is 5.68. The van der Waals surface area contributed by atoms with Crippen molar-refractivity contribution in [1.82, 2.24) is 0 Å². The van der Waals surface area contributed by atoms with Crippen molar-refractivity contribution >= 4 is 27.3 Å². The van der Waals surface area contributed by atoms with Crippen LogP contribution in [0.15, 0.2) is 77.7 Å². The summed E-state index contributed by atoms with van der Waals surface area (Å²) in [4.78, 5) is 12.4. The highest BCUT2D eigenvalue weighted by Gasteiger charge is 2.14. The highest BCUT2D eigenvalue weighted by molar-refractivity contribution is 7.92. The Morgan fingerprint density at radius 2 is 1.50 bits per heavy atom. The van der Waals surface area contributed by atoms with E-state index in [4.69, 9.17) is 9.47 Å².